The van der Waals surface area contributed by atoms with Crippen molar-refractivity contribution in [3.63, 3.8) is 0 Å². The zero-order valence-electron chi connectivity index (χ0n) is 9.93. The lowest BCUT2D eigenvalue weighted by molar-refractivity contribution is -0.141. The number of carbonyl (C=O) groups excluding carboxylic acids is 1. The Morgan fingerprint density at radius 3 is 2.78 bits per heavy atom. The molecule has 1 aliphatic heterocycles. The van der Waals surface area contributed by atoms with Crippen molar-refractivity contribution in [1.29, 1.82) is 0 Å². The Balaban J connectivity index is 1.68. The molecule has 0 bridgehead atoms. The molecule has 2 heterocycles. The van der Waals surface area contributed by atoms with Gasteiger partial charge in [0.05, 0.1) is 5.92 Å². The van der Waals surface area contributed by atoms with Crippen LogP contribution in [0.5, 0.6) is 0 Å². The number of aromatic amines is 1. The van der Waals surface area contributed by atoms with E-state index in [1.54, 1.807) is 11.0 Å². The normalized spacial score (nSPS) is 23.3. The Hall–Kier alpha value is -1.85. The van der Waals surface area contributed by atoms with Gasteiger partial charge >= 0.3 is 5.97 Å². The summed E-state index contributed by atoms with van der Waals surface area (Å²) in [5.41, 5.74) is 1.43. The second-order valence-electron chi connectivity index (χ2n) is 5.06. The van der Waals surface area contributed by atoms with Crippen molar-refractivity contribution in [2.45, 2.75) is 25.2 Å². The van der Waals surface area contributed by atoms with Crippen LogP contribution in [0.15, 0.2) is 6.07 Å². The summed E-state index contributed by atoms with van der Waals surface area (Å²) in [6.07, 6.45) is 2.84. The molecule has 2 fully saturated rings. The Morgan fingerprint density at radius 2 is 2.17 bits per heavy atom. The average molecular weight is 249 g/mol. The maximum absolute atomic E-state index is 12.1. The number of carbonyl (C=O) groups is 2. The Bertz CT molecular complexity index is 493. The maximum Gasteiger partial charge on any atom is 0.308 e. The summed E-state index contributed by atoms with van der Waals surface area (Å²) in [6.45, 7) is 0.793. The number of carboxylic acids is 1. The van der Waals surface area contributed by atoms with E-state index in [1.807, 2.05) is 0 Å². The maximum atomic E-state index is 12.1. The molecule has 1 aromatic heterocycles. The number of amides is 1. The van der Waals surface area contributed by atoms with Gasteiger partial charge in [0.2, 0.25) is 0 Å². The van der Waals surface area contributed by atoms with Gasteiger partial charge in [0.1, 0.15) is 5.69 Å². The van der Waals surface area contributed by atoms with Crippen LogP contribution in [-0.4, -0.2) is 45.2 Å². The first-order valence-electron chi connectivity index (χ1n) is 6.22. The number of carboxylic acid groups (broad SMARTS) is 1. The molecule has 3 rings (SSSR count). The van der Waals surface area contributed by atoms with Gasteiger partial charge < -0.3 is 10.0 Å². The van der Waals surface area contributed by atoms with E-state index in [0.717, 1.165) is 18.5 Å². The molecule has 1 atom stereocenters. The van der Waals surface area contributed by atoms with Crippen LogP contribution >= 0.6 is 0 Å². The molecule has 2 aliphatic rings. The van der Waals surface area contributed by atoms with Crippen LogP contribution in [0.25, 0.3) is 0 Å². The van der Waals surface area contributed by atoms with Gasteiger partial charge in [-0.05, 0) is 25.3 Å². The van der Waals surface area contributed by atoms with Gasteiger partial charge in [-0.3, -0.25) is 14.7 Å². The Labute approximate surface area is 104 Å². The first-order valence-corrected chi connectivity index (χ1v) is 6.22. The summed E-state index contributed by atoms with van der Waals surface area (Å²) in [5, 5.41) is 15.8. The molecule has 1 aromatic rings. The number of nitrogens with one attached hydrogen (secondary N) is 1. The number of likely N-dealkylation sites (tertiary alicyclic amines) is 1. The third kappa shape index (κ3) is 1.98. The van der Waals surface area contributed by atoms with Gasteiger partial charge in [-0.25, -0.2) is 0 Å². The molecule has 0 radical (unpaired) electrons. The lowest BCUT2D eigenvalue weighted by Crippen LogP contribution is -2.30. The Kier molecular flexibility index (Phi) is 2.57. The lowest BCUT2D eigenvalue weighted by Gasteiger charge is -2.13. The third-order valence-electron chi connectivity index (χ3n) is 3.66. The molecule has 1 aliphatic carbocycles. The van der Waals surface area contributed by atoms with Crippen molar-refractivity contribution in [2.75, 3.05) is 13.1 Å². The van der Waals surface area contributed by atoms with E-state index >= 15 is 0 Å². The molecule has 6 heteroatoms. The largest absolute Gasteiger partial charge is 0.481 e. The van der Waals surface area contributed by atoms with Gasteiger partial charge in [-0.15, -0.1) is 0 Å². The standard InChI is InChI=1S/C12H15N3O3/c16-11(15-4-3-8(6-15)12(17)18)10-5-9(13-14-10)7-1-2-7/h5,7-8H,1-4,6H2,(H,13,14)(H,17,18)/t8-/m0/s1. The Morgan fingerprint density at radius 1 is 1.39 bits per heavy atom. The average Bonchev–Trinajstić information content (AvgIpc) is 2.92. The molecule has 2 N–H and O–H groups in total. The second kappa shape index (κ2) is 4.12. The summed E-state index contributed by atoms with van der Waals surface area (Å²) >= 11 is 0. The highest BCUT2D eigenvalue weighted by Crippen LogP contribution is 2.39. The zero-order valence-corrected chi connectivity index (χ0v) is 9.93. The number of nitrogens with zero attached hydrogens (tertiary/aromatic N) is 2. The number of aromatic nitrogens is 2. The molecule has 18 heavy (non-hydrogen) atoms. The summed E-state index contributed by atoms with van der Waals surface area (Å²) < 4.78 is 0. The first kappa shape index (κ1) is 11.3. The highest BCUT2D eigenvalue weighted by atomic mass is 16.4. The monoisotopic (exact) mass is 249 g/mol. The molecular weight excluding hydrogens is 234 g/mol. The minimum atomic E-state index is -0.828. The van der Waals surface area contributed by atoms with E-state index in [0.29, 0.717) is 31.1 Å². The summed E-state index contributed by atoms with van der Waals surface area (Å²) in [6, 6.07) is 1.80. The highest BCUT2D eigenvalue weighted by Gasteiger charge is 2.33. The van der Waals surface area contributed by atoms with Crippen molar-refractivity contribution < 1.29 is 14.7 Å². The van der Waals surface area contributed by atoms with E-state index in [1.165, 1.54) is 0 Å². The van der Waals surface area contributed by atoms with Crippen molar-refractivity contribution >= 4 is 11.9 Å². The quantitative estimate of drug-likeness (QED) is 0.830. The molecule has 0 aromatic carbocycles. The number of H-pyrrole nitrogens is 1. The topological polar surface area (TPSA) is 86.3 Å². The minimum absolute atomic E-state index is 0.165. The number of aliphatic carboxylic acids is 1. The van der Waals surface area contributed by atoms with Crippen molar-refractivity contribution in [1.82, 2.24) is 15.1 Å². The van der Waals surface area contributed by atoms with Crippen LogP contribution in [0.2, 0.25) is 0 Å². The fourth-order valence-electron chi connectivity index (χ4n) is 2.36. The van der Waals surface area contributed by atoms with E-state index in [4.69, 9.17) is 5.11 Å². The first-order chi connectivity index (χ1) is 8.65. The fourth-order valence-corrected chi connectivity index (χ4v) is 2.36. The van der Waals surface area contributed by atoms with Crippen LogP contribution in [0, 0.1) is 5.92 Å². The molecule has 6 nitrogen and oxygen atoms in total. The third-order valence-corrected chi connectivity index (χ3v) is 3.66. The summed E-state index contributed by atoms with van der Waals surface area (Å²) in [7, 11) is 0. The minimum Gasteiger partial charge on any atom is -0.481 e. The predicted octanol–water partition coefficient (Wildman–Crippen LogP) is 0.834. The SMILES string of the molecule is O=C(O)[C@H]1CCN(C(=O)c2cc(C3CC3)[nH]n2)C1. The predicted molar refractivity (Wildman–Crippen MR) is 62.2 cm³/mol. The van der Waals surface area contributed by atoms with Crippen LogP contribution in [0.4, 0.5) is 0 Å². The molecule has 0 spiro atoms. The molecule has 1 amide bonds. The fraction of sp³-hybridized carbons (Fsp3) is 0.583. The van der Waals surface area contributed by atoms with Gasteiger partial charge in [-0.1, -0.05) is 0 Å². The van der Waals surface area contributed by atoms with Gasteiger partial charge in [0.25, 0.3) is 5.91 Å². The van der Waals surface area contributed by atoms with Crippen LogP contribution in [-0.2, 0) is 4.79 Å². The van der Waals surface area contributed by atoms with Gasteiger partial charge in [0, 0.05) is 24.7 Å². The van der Waals surface area contributed by atoms with E-state index in [2.05, 4.69) is 10.2 Å². The van der Waals surface area contributed by atoms with Crippen molar-refractivity contribution in [3.05, 3.63) is 17.5 Å². The second-order valence-corrected chi connectivity index (χ2v) is 5.06. The zero-order chi connectivity index (χ0) is 12.7. The van der Waals surface area contributed by atoms with E-state index in [9.17, 15) is 9.59 Å². The molecule has 1 saturated carbocycles. The molecular formula is C12H15N3O3. The number of hydrogen-bond acceptors (Lipinski definition) is 3. The number of hydrogen-bond donors (Lipinski definition) is 2. The highest BCUT2D eigenvalue weighted by molar-refractivity contribution is 5.93. The smallest absolute Gasteiger partial charge is 0.308 e. The van der Waals surface area contributed by atoms with E-state index < -0.39 is 11.9 Å². The van der Waals surface area contributed by atoms with Crippen LogP contribution in [0.3, 0.4) is 0 Å². The summed E-state index contributed by atoms with van der Waals surface area (Å²) in [5.74, 6) is -0.895. The van der Waals surface area contributed by atoms with Gasteiger partial charge in [-0.2, -0.15) is 5.10 Å². The number of rotatable bonds is 3. The van der Waals surface area contributed by atoms with Crippen LogP contribution < -0.4 is 0 Å². The van der Waals surface area contributed by atoms with Crippen molar-refractivity contribution in [2.24, 2.45) is 5.92 Å². The molecule has 96 valence electrons. The van der Waals surface area contributed by atoms with Crippen LogP contribution in [0.1, 0.15) is 41.4 Å². The molecule has 1 saturated heterocycles. The van der Waals surface area contributed by atoms with Gasteiger partial charge in [0.15, 0.2) is 0 Å². The summed E-state index contributed by atoms with van der Waals surface area (Å²) in [4.78, 5) is 24.5. The van der Waals surface area contributed by atoms with E-state index in [-0.39, 0.29) is 5.91 Å². The lowest BCUT2D eigenvalue weighted by atomic mass is 10.1. The van der Waals surface area contributed by atoms with Crippen molar-refractivity contribution in [3.8, 4) is 0 Å². The molecule has 0 unspecified atom stereocenters.